The van der Waals surface area contributed by atoms with Crippen molar-refractivity contribution in [1.29, 1.82) is 0 Å². The number of ether oxygens (including phenoxy) is 1. The van der Waals surface area contributed by atoms with Crippen molar-refractivity contribution in [3.05, 3.63) is 59.7 Å². The fraction of sp³-hybridized carbons (Fsp3) is 0.333. The summed E-state index contributed by atoms with van der Waals surface area (Å²) in [5.41, 5.74) is 2.05. The van der Waals surface area contributed by atoms with Crippen LogP contribution in [0.3, 0.4) is 0 Å². The van der Waals surface area contributed by atoms with Gasteiger partial charge in [-0.15, -0.1) is 0 Å². The number of hydrogen-bond acceptors (Lipinski definition) is 6. The molecule has 0 bridgehead atoms. The van der Waals surface area contributed by atoms with Gasteiger partial charge < -0.3 is 4.74 Å². The van der Waals surface area contributed by atoms with Crippen LogP contribution < -0.4 is 0 Å². The average Bonchev–Trinajstić information content (AvgIpc) is 3.08. The molecule has 0 aromatic heterocycles. The third kappa shape index (κ3) is 4.92. The van der Waals surface area contributed by atoms with E-state index < -0.39 is 10.0 Å². The first-order valence-corrected chi connectivity index (χ1v) is 11.7. The Hall–Kier alpha value is -2.20. The van der Waals surface area contributed by atoms with E-state index in [4.69, 9.17) is 4.74 Å². The second-order valence-electron chi connectivity index (χ2n) is 7.15. The van der Waals surface area contributed by atoms with Crippen LogP contribution in [-0.2, 0) is 21.4 Å². The lowest BCUT2D eigenvalue weighted by Gasteiger charge is -2.17. The summed E-state index contributed by atoms with van der Waals surface area (Å²) >= 11 is 1.50. The van der Waals surface area contributed by atoms with Crippen LogP contribution in [0.1, 0.15) is 22.8 Å². The molecule has 0 saturated carbocycles. The first-order chi connectivity index (χ1) is 14.2. The maximum Gasteiger partial charge on any atom is 0.259 e. The number of amides is 1. The highest BCUT2D eigenvalue weighted by atomic mass is 32.2. The van der Waals surface area contributed by atoms with Crippen LogP contribution in [0.15, 0.2) is 58.4 Å². The lowest BCUT2D eigenvalue weighted by Crippen LogP contribution is -2.32. The van der Waals surface area contributed by atoms with Crippen LogP contribution in [0.25, 0.3) is 0 Å². The Labute approximate surface area is 181 Å². The molecule has 0 aliphatic carbocycles. The highest BCUT2D eigenvalue weighted by Gasteiger charge is 2.31. The van der Waals surface area contributed by atoms with Crippen LogP contribution in [0.5, 0.6) is 0 Å². The van der Waals surface area contributed by atoms with Gasteiger partial charge in [0.15, 0.2) is 5.17 Å². The summed E-state index contributed by atoms with van der Waals surface area (Å²) < 4.78 is 31.1. The highest BCUT2D eigenvalue weighted by molar-refractivity contribution is 8.14. The summed E-state index contributed by atoms with van der Waals surface area (Å²) in [7, 11) is 1.04. The van der Waals surface area contributed by atoms with Gasteiger partial charge in [-0.25, -0.2) is 17.7 Å². The Bertz CT molecular complexity index is 1050. The van der Waals surface area contributed by atoms with E-state index in [9.17, 15) is 13.2 Å². The van der Waals surface area contributed by atoms with Gasteiger partial charge in [-0.05, 0) is 35.9 Å². The number of amidine groups is 1. The van der Waals surface area contributed by atoms with Gasteiger partial charge in [0.1, 0.15) is 0 Å². The number of rotatable bonds is 6. The van der Waals surface area contributed by atoms with Gasteiger partial charge in [-0.3, -0.25) is 9.69 Å². The Morgan fingerprint density at radius 3 is 2.57 bits per heavy atom. The van der Waals surface area contributed by atoms with E-state index in [-0.39, 0.29) is 16.1 Å². The van der Waals surface area contributed by atoms with Gasteiger partial charge in [0.2, 0.25) is 10.0 Å². The van der Waals surface area contributed by atoms with Gasteiger partial charge in [-0.2, -0.15) is 0 Å². The first kappa shape index (κ1) is 22.5. The molecule has 0 spiro atoms. The highest BCUT2D eigenvalue weighted by Crippen LogP contribution is 2.30. The number of thioether (sulfide) groups is 1. The van der Waals surface area contributed by atoms with E-state index in [0.29, 0.717) is 29.6 Å². The van der Waals surface area contributed by atoms with Crippen LogP contribution in [0, 0.1) is 0 Å². The molecule has 1 unspecified atom stereocenters. The number of carbonyl (C=O) groups excluding carboxylic acids is 1. The number of nitrogens with zero attached hydrogens (tertiary/aromatic N) is 3. The molecule has 0 N–H and O–H groups in total. The van der Waals surface area contributed by atoms with Crippen molar-refractivity contribution < 1.29 is 17.9 Å². The minimum atomic E-state index is -3.56. The molecule has 1 aliphatic rings. The molecule has 1 heterocycles. The number of hydrogen-bond donors (Lipinski definition) is 0. The Kier molecular flexibility index (Phi) is 6.97. The second-order valence-corrected chi connectivity index (χ2v) is 10.7. The largest absolute Gasteiger partial charge is 0.380 e. The van der Waals surface area contributed by atoms with E-state index in [1.165, 1.54) is 38.0 Å². The number of aliphatic imine (C=N–C) groups is 1. The molecular formula is C21H25N3O4S2. The number of methoxy groups -OCH3 is 1. The molecule has 30 heavy (non-hydrogen) atoms. The second kappa shape index (κ2) is 9.30. The molecule has 1 atom stereocenters. The summed E-state index contributed by atoms with van der Waals surface area (Å²) in [6, 6.07) is 13.7. The van der Waals surface area contributed by atoms with E-state index in [0.717, 1.165) is 9.87 Å². The third-order valence-electron chi connectivity index (χ3n) is 4.56. The average molecular weight is 448 g/mol. The molecule has 0 radical (unpaired) electrons. The fourth-order valence-corrected chi connectivity index (χ4v) is 4.94. The maximum absolute atomic E-state index is 13.1. The van der Waals surface area contributed by atoms with Crippen molar-refractivity contribution in [3.63, 3.8) is 0 Å². The summed E-state index contributed by atoms with van der Waals surface area (Å²) in [5, 5.41) is 0.752. The smallest absolute Gasteiger partial charge is 0.259 e. The molecule has 3 rings (SSSR count). The molecule has 1 amide bonds. The number of benzene rings is 2. The maximum atomic E-state index is 13.1. The molecule has 160 valence electrons. The summed E-state index contributed by atoms with van der Waals surface area (Å²) in [5.74, 6) is -0.133. The van der Waals surface area contributed by atoms with Gasteiger partial charge in [0.05, 0.1) is 17.2 Å². The molecule has 1 aliphatic heterocycles. The van der Waals surface area contributed by atoms with Crippen molar-refractivity contribution >= 4 is 38.5 Å². The fourth-order valence-electron chi connectivity index (χ4n) is 2.97. The summed E-state index contributed by atoms with van der Waals surface area (Å²) in [4.78, 5) is 19.5. The summed E-state index contributed by atoms with van der Waals surface area (Å²) in [6.45, 7) is 3.06. The van der Waals surface area contributed by atoms with Crippen molar-refractivity contribution in [2.45, 2.75) is 23.7 Å². The zero-order valence-electron chi connectivity index (χ0n) is 17.4. The standard InChI is InChI=1S/C21H25N3O4S2/c1-15-13-24(20(25)17-10-8-16(9-11-17)14-28-4)21(29-15)22-18-6-5-7-19(12-18)30(26,27)23(2)3/h5-12,15H,13-14H2,1-4H3. The normalized spacial score (nSPS) is 18.4. The van der Waals surface area contributed by atoms with Crippen LogP contribution in [-0.4, -0.2) is 61.7 Å². The quantitative estimate of drug-likeness (QED) is 0.679. The zero-order chi connectivity index (χ0) is 21.9. The monoisotopic (exact) mass is 447 g/mol. The molecule has 1 saturated heterocycles. The SMILES string of the molecule is COCc1ccc(C(=O)N2CC(C)SC2=Nc2cccc(S(=O)(=O)N(C)C)c2)cc1. The van der Waals surface area contributed by atoms with Crippen LogP contribution in [0.2, 0.25) is 0 Å². The van der Waals surface area contributed by atoms with E-state index >= 15 is 0 Å². The van der Waals surface area contributed by atoms with Gasteiger partial charge in [0.25, 0.3) is 5.91 Å². The van der Waals surface area contributed by atoms with Crippen molar-refractivity contribution in [2.75, 3.05) is 27.7 Å². The molecular weight excluding hydrogens is 422 g/mol. The molecule has 7 nitrogen and oxygen atoms in total. The zero-order valence-corrected chi connectivity index (χ0v) is 19.0. The van der Waals surface area contributed by atoms with Crippen molar-refractivity contribution in [2.24, 2.45) is 4.99 Å². The van der Waals surface area contributed by atoms with Gasteiger partial charge >= 0.3 is 0 Å². The minimum Gasteiger partial charge on any atom is -0.380 e. The Balaban J connectivity index is 1.89. The first-order valence-electron chi connectivity index (χ1n) is 9.40. The van der Waals surface area contributed by atoms with E-state index in [2.05, 4.69) is 4.99 Å². The summed E-state index contributed by atoms with van der Waals surface area (Å²) in [6.07, 6.45) is 0. The lowest BCUT2D eigenvalue weighted by molar-refractivity contribution is 0.0855. The molecule has 9 heteroatoms. The third-order valence-corrected chi connectivity index (χ3v) is 7.44. The molecule has 1 fully saturated rings. The Morgan fingerprint density at radius 2 is 1.93 bits per heavy atom. The molecule has 2 aromatic rings. The van der Waals surface area contributed by atoms with Crippen LogP contribution in [0.4, 0.5) is 5.69 Å². The van der Waals surface area contributed by atoms with E-state index in [1.54, 1.807) is 36.3 Å². The lowest BCUT2D eigenvalue weighted by atomic mass is 10.1. The van der Waals surface area contributed by atoms with Crippen molar-refractivity contribution in [1.82, 2.24) is 9.21 Å². The number of sulfonamides is 1. The predicted octanol–water partition coefficient (Wildman–Crippen LogP) is 3.35. The van der Waals surface area contributed by atoms with Crippen molar-refractivity contribution in [3.8, 4) is 0 Å². The Morgan fingerprint density at radius 1 is 1.23 bits per heavy atom. The number of carbonyl (C=O) groups is 1. The van der Waals surface area contributed by atoms with Crippen LogP contribution >= 0.6 is 11.8 Å². The molecule has 2 aromatic carbocycles. The minimum absolute atomic E-state index is 0.133. The van der Waals surface area contributed by atoms with Gasteiger partial charge in [0, 0.05) is 38.6 Å². The van der Waals surface area contributed by atoms with Gasteiger partial charge in [-0.1, -0.05) is 36.9 Å². The predicted molar refractivity (Wildman–Crippen MR) is 120 cm³/mol. The van der Waals surface area contributed by atoms with E-state index in [1.807, 2.05) is 19.1 Å². The topological polar surface area (TPSA) is 79.3 Å².